The number of anilines is 2. The molecule has 0 atom stereocenters. The smallest absolute Gasteiger partial charge is 0.322 e. The van der Waals surface area contributed by atoms with Crippen LogP contribution in [0.5, 0.6) is 0 Å². The Kier molecular flexibility index (Phi) is 5.55. The van der Waals surface area contributed by atoms with Crippen LogP contribution >= 0.6 is 0 Å². The molecule has 2 aromatic carbocycles. The average Bonchev–Trinajstić information content (AvgIpc) is 2.68. The molecule has 0 aliphatic carbocycles. The molecule has 0 bridgehead atoms. The first-order chi connectivity index (χ1) is 13.6. The molecular weight excluding hydrogens is 407 g/mol. The van der Waals surface area contributed by atoms with E-state index in [1.54, 1.807) is 0 Å². The fourth-order valence-electron chi connectivity index (χ4n) is 2.42. The molecule has 29 heavy (non-hydrogen) atoms. The van der Waals surface area contributed by atoms with Crippen molar-refractivity contribution < 1.29 is 26.4 Å². The van der Waals surface area contributed by atoms with Crippen LogP contribution in [-0.4, -0.2) is 19.3 Å². The van der Waals surface area contributed by atoms with Crippen molar-refractivity contribution in [2.45, 2.75) is 11.1 Å². The Bertz CT molecular complexity index is 1130. The molecule has 10 heteroatoms. The van der Waals surface area contributed by atoms with E-state index in [1.165, 1.54) is 54.9 Å². The summed E-state index contributed by atoms with van der Waals surface area (Å²) in [6.45, 7) is 0. The number of benzene rings is 2. The number of hydrogen-bond acceptors (Lipinski definition) is 4. The van der Waals surface area contributed by atoms with Crippen molar-refractivity contribution in [3.8, 4) is 0 Å². The summed E-state index contributed by atoms with van der Waals surface area (Å²) in [5.41, 5.74) is -0.670. The maximum absolute atomic E-state index is 12.8. The number of amides is 1. The van der Waals surface area contributed by atoms with Gasteiger partial charge in [0.25, 0.3) is 15.9 Å². The van der Waals surface area contributed by atoms with Gasteiger partial charge >= 0.3 is 6.18 Å². The molecule has 3 rings (SSSR count). The number of alkyl halides is 3. The van der Waals surface area contributed by atoms with E-state index in [1.807, 2.05) is 0 Å². The number of hydrogen-bond donors (Lipinski definition) is 2. The van der Waals surface area contributed by atoms with E-state index in [-0.39, 0.29) is 16.3 Å². The van der Waals surface area contributed by atoms with Crippen LogP contribution in [0.1, 0.15) is 15.9 Å². The van der Waals surface area contributed by atoms with Crippen molar-refractivity contribution in [1.29, 1.82) is 0 Å². The van der Waals surface area contributed by atoms with Gasteiger partial charge < -0.3 is 5.32 Å². The second-order valence-electron chi connectivity index (χ2n) is 5.90. The molecule has 1 heterocycles. The number of pyridine rings is 1. The van der Waals surface area contributed by atoms with Gasteiger partial charge in [-0.1, -0.05) is 12.1 Å². The molecule has 2 N–H and O–H groups in total. The molecule has 0 aliphatic heterocycles. The number of nitrogens with one attached hydrogen (secondary N) is 2. The Morgan fingerprint density at radius 2 is 1.55 bits per heavy atom. The predicted molar refractivity (Wildman–Crippen MR) is 101 cm³/mol. The first-order valence-corrected chi connectivity index (χ1v) is 9.65. The molecular formula is C19H14F3N3O3S. The third-order valence-corrected chi connectivity index (χ3v) is 5.17. The topological polar surface area (TPSA) is 88.2 Å². The van der Waals surface area contributed by atoms with Gasteiger partial charge in [-0.25, -0.2) is 8.42 Å². The van der Waals surface area contributed by atoms with Crippen molar-refractivity contribution in [2.75, 3.05) is 10.0 Å². The molecule has 1 amide bonds. The number of aromatic nitrogens is 1. The Hall–Kier alpha value is -3.40. The van der Waals surface area contributed by atoms with Gasteiger partial charge in [-0.05, 0) is 48.5 Å². The van der Waals surface area contributed by atoms with Crippen LogP contribution in [0.25, 0.3) is 0 Å². The minimum atomic E-state index is -4.60. The lowest BCUT2D eigenvalue weighted by Gasteiger charge is -2.12. The highest BCUT2D eigenvalue weighted by Crippen LogP contribution is 2.31. The summed E-state index contributed by atoms with van der Waals surface area (Å²) in [5, 5.41) is 2.56. The molecule has 6 nitrogen and oxygen atoms in total. The van der Waals surface area contributed by atoms with Crippen LogP contribution in [-0.2, 0) is 16.2 Å². The highest BCUT2D eigenvalue weighted by atomic mass is 32.2. The third-order valence-electron chi connectivity index (χ3n) is 3.79. The average molecular weight is 421 g/mol. The van der Waals surface area contributed by atoms with E-state index >= 15 is 0 Å². The maximum atomic E-state index is 12.8. The van der Waals surface area contributed by atoms with Gasteiger partial charge in [0, 0.05) is 29.3 Å². The van der Waals surface area contributed by atoms with Crippen LogP contribution < -0.4 is 10.0 Å². The Labute approximate surface area is 164 Å². The quantitative estimate of drug-likeness (QED) is 0.648. The summed E-state index contributed by atoms with van der Waals surface area (Å²) in [7, 11) is -4.18. The number of halogens is 3. The molecule has 150 valence electrons. The fraction of sp³-hybridized carbons (Fsp3) is 0.0526. The molecule has 0 fully saturated rings. The number of rotatable bonds is 5. The van der Waals surface area contributed by atoms with Crippen molar-refractivity contribution >= 4 is 27.3 Å². The predicted octanol–water partition coefficient (Wildman–Crippen LogP) is 4.15. The summed E-state index contributed by atoms with van der Waals surface area (Å²) in [6.07, 6.45) is -1.72. The zero-order chi connectivity index (χ0) is 21.1. The van der Waals surface area contributed by atoms with Gasteiger partial charge in [0.05, 0.1) is 10.5 Å². The third kappa shape index (κ3) is 5.11. The number of carbonyl (C=O) groups is 1. The Morgan fingerprint density at radius 1 is 0.897 bits per heavy atom. The zero-order valence-electron chi connectivity index (χ0n) is 14.6. The minimum absolute atomic E-state index is 0.207. The maximum Gasteiger partial charge on any atom is 0.416 e. The van der Waals surface area contributed by atoms with Crippen molar-refractivity contribution in [1.82, 2.24) is 4.98 Å². The summed E-state index contributed by atoms with van der Waals surface area (Å²) in [4.78, 5) is 15.8. The molecule has 0 spiro atoms. The zero-order valence-corrected chi connectivity index (χ0v) is 15.5. The summed E-state index contributed by atoms with van der Waals surface area (Å²) < 4.78 is 65.7. The summed E-state index contributed by atoms with van der Waals surface area (Å²) in [6, 6.07) is 12.2. The van der Waals surface area contributed by atoms with Crippen LogP contribution in [0.15, 0.2) is 78.0 Å². The van der Waals surface area contributed by atoms with E-state index in [0.29, 0.717) is 11.6 Å². The first-order valence-electron chi connectivity index (χ1n) is 8.17. The standard InChI is InChI=1S/C19H14F3N3O3S/c20-19(21,22)14-3-1-5-16(11-14)25-29(27,28)17-6-2-4-15(12-17)24-18(26)13-7-9-23-10-8-13/h1-12,25H,(H,24,26). The molecule has 1 aromatic heterocycles. The molecule has 0 aliphatic rings. The van der Waals surface area contributed by atoms with E-state index in [4.69, 9.17) is 0 Å². The highest BCUT2D eigenvalue weighted by Gasteiger charge is 2.30. The van der Waals surface area contributed by atoms with Crippen molar-refractivity contribution in [3.05, 3.63) is 84.2 Å². The lowest BCUT2D eigenvalue weighted by atomic mass is 10.2. The van der Waals surface area contributed by atoms with Gasteiger partial charge in [-0.3, -0.25) is 14.5 Å². The largest absolute Gasteiger partial charge is 0.416 e. The SMILES string of the molecule is O=C(Nc1cccc(S(=O)(=O)Nc2cccc(C(F)(F)F)c2)c1)c1ccncc1. The van der Waals surface area contributed by atoms with Gasteiger partial charge in [0.15, 0.2) is 0 Å². The van der Waals surface area contributed by atoms with Gasteiger partial charge in [-0.15, -0.1) is 0 Å². The lowest BCUT2D eigenvalue weighted by molar-refractivity contribution is -0.137. The Balaban J connectivity index is 1.81. The van der Waals surface area contributed by atoms with E-state index in [0.717, 1.165) is 12.1 Å². The van der Waals surface area contributed by atoms with Crippen molar-refractivity contribution in [2.24, 2.45) is 0 Å². The normalized spacial score (nSPS) is 11.7. The first kappa shape index (κ1) is 20.3. The van der Waals surface area contributed by atoms with Crippen LogP contribution in [0, 0.1) is 0 Å². The van der Waals surface area contributed by atoms with E-state index in [2.05, 4.69) is 15.0 Å². The number of nitrogens with zero attached hydrogens (tertiary/aromatic N) is 1. The number of carbonyl (C=O) groups excluding carboxylic acids is 1. The molecule has 0 radical (unpaired) electrons. The Morgan fingerprint density at radius 3 is 2.24 bits per heavy atom. The number of sulfonamides is 1. The highest BCUT2D eigenvalue weighted by molar-refractivity contribution is 7.92. The van der Waals surface area contributed by atoms with E-state index in [9.17, 15) is 26.4 Å². The minimum Gasteiger partial charge on any atom is -0.322 e. The van der Waals surface area contributed by atoms with Gasteiger partial charge in [0.1, 0.15) is 0 Å². The molecule has 3 aromatic rings. The molecule has 0 saturated heterocycles. The molecule has 0 saturated carbocycles. The van der Waals surface area contributed by atoms with Crippen LogP contribution in [0.3, 0.4) is 0 Å². The summed E-state index contributed by atoms with van der Waals surface area (Å²) in [5.74, 6) is -0.465. The van der Waals surface area contributed by atoms with Crippen LogP contribution in [0.2, 0.25) is 0 Å². The van der Waals surface area contributed by atoms with Crippen LogP contribution in [0.4, 0.5) is 24.5 Å². The van der Waals surface area contributed by atoms with Gasteiger partial charge in [0.2, 0.25) is 0 Å². The monoisotopic (exact) mass is 421 g/mol. The second-order valence-corrected chi connectivity index (χ2v) is 7.58. The fourth-order valence-corrected chi connectivity index (χ4v) is 3.52. The summed E-state index contributed by atoms with van der Waals surface area (Å²) >= 11 is 0. The van der Waals surface area contributed by atoms with E-state index < -0.39 is 27.7 Å². The van der Waals surface area contributed by atoms with Gasteiger partial charge in [-0.2, -0.15) is 13.2 Å². The van der Waals surface area contributed by atoms with Crippen molar-refractivity contribution in [3.63, 3.8) is 0 Å². The second kappa shape index (κ2) is 7.92. The molecule has 0 unspecified atom stereocenters. The lowest BCUT2D eigenvalue weighted by Crippen LogP contribution is -2.15.